The van der Waals surface area contributed by atoms with Crippen molar-refractivity contribution < 1.29 is 33.5 Å². The maximum Gasteiger partial charge on any atom is 0.343 e. The van der Waals surface area contributed by atoms with Crippen LogP contribution in [0.2, 0.25) is 0 Å². The molecular weight excluding hydrogens is 520 g/mol. The number of carbonyl (C=O) groups excluding carboxylic acids is 3. The quantitative estimate of drug-likeness (QED) is 0.211. The molecule has 1 saturated heterocycles. The molecule has 1 heterocycles. The van der Waals surface area contributed by atoms with Crippen molar-refractivity contribution in [2.24, 2.45) is 0 Å². The summed E-state index contributed by atoms with van der Waals surface area (Å²) in [7, 11) is 2.66. The lowest BCUT2D eigenvalue weighted by molar-refractivity contribution is -0.385. The summed E-state index contributed by atoms with van der Waals surface area (Å²) in [5.41, 5.74) is 0.602. The lowest BCUT2D eigenvalue weighted by atomic mass is 10.1. The van der Waals surface area contributed by atoms with Crippen LogP contribution in [0.4, 0.5) is 10.5 Å². The SMILES string of the molecule is COC(=O)COc1cc(Br)c(/C=C2\SC(=O)N(Cc3ccccc3[N+](=O)[O-])C2=O)cc1OC. The summed E-state index contributed by atoms with van der Waals surface area (Å²) >= 11 is 4.11. The summed E-state index contributed by atoms with van der Waals surface area (Å²) in [6.07, 6.45) is 1.50. The summed E-state index contributed by atoms with van der Waals surface area (Å²) in [5, 5.41) is 10.7. The molecule has 0 aliphatic carbocycles. The van der Waals surface area contributed by atoms with Gasteiger partial charge in [0.15, 0.2) is 18.1 Å². The number of carbonyl (C=O) groups is 3. The van der Waals surface area contributed by atoms with E-state index in [0.29, 0.717) is 15.8 Å². The van der Waals surface area contributed by atoms with E-state index in [0.717, 1.165) is 16.7 Å². The van der Waals surface area contributed by atoms with Crippen molar-refractivity contribution in [2.45, 2.75) is 6.54 Å². The molecule has 12 heteroatoms. The first kappa shape index (κ1) is 24.3. The minimum Gasteiger partial charge on any atom is -0.493 e. The molecular formula is C21H17BrN2O8S. The van der Waals surface area contributed by atoms with Gasteiger partial charge in [0.25, 0.3) is 16.8 Å². The van der Waals surface area contributed by atoms with Gasteiger partial charge in [-0.1, -0.05) is 34.1 Å². The fraction of sp³-hybridized carbons (Fsp3) is 0.190. The Balaban J connectivity index is 1.85. The highest BCUT2D eigenvalue weighted by Gasteiger charge is 2.36. The fourth-order valence-corrected chi connectivity index (χ4v) is 4.17. The first-order chi connectivity index (χ1) is 15.7. The second-order valence-electron chi connectivity index (χ2n) is 6.54. The number of imide groups is 1. The average molecular weight is 537 g/mol. The number of esters is 1. The Morgan fingerprint density at radius 3 is 2.61 bits per heavy atom. The molecule has 2 amide bonds. The number of nitrogens with zero attached hydrogens (tertiary/aromatic N) is 2. The Hall–Kier alpha value is -3.38. The van der Waals surface area contributed by atoms with E-state index in [2.05, 4.69) is 20.7 Å². The molecule has 0 atom stereocenters. The van der Waals surface area contributed by atoms with Gasteiger partial charge in [-0.3, -0.25) is 24.6 Å². The molecule has 0 spiro atoms. The molecule has 0 N–H and O–H groups in total. The zero-order chi connectivity index (χ0) is 24.1. The number of nitro groups is 1. The smallest absolute Gasteiger partial charge is 0.343 e. The van der Waals surface area contributed by atoms with Gasteiger partial charge < -0.3 is 14.2 Å². The number of rotatable bonds is 8. The van der Waals surface area contributed by atoms with Gasteiger partial charge >= 0.3 is 5.97 Å². The monoisotopic (exact) mass is 536 g/mol. The van der Waals surface area contributed by atoms with Crippen molar-refractivity contribution >= 4 is 56.6 Å². The van der Waals surface area contributed by atoms with Crippen LogP contribution in [-0.2, 0) is 20.9 Å². The molecule has 2 aromatic carbocycles. The standard InChI is InChI=1S/C21H17BrN2O8S/c1-30-16-7-13(14(22)9-17(16)32-11-19(25)31-2)8-18-20(26)23(21(27)33-18)10-12-5-3-4-6-15(12)24(28)29/h3-9H,10-11H2,1-2H3/b18-8-. The molecule has 1 fully saturated rings. The van der Waals surface area contributed by atoms with Crippen LogP contribution in [0, 0.1) is 10.1 Å². The molecule has 0 aromatic heterocycles. The molecule has 10 nitrogen and oxygen atoms in total. The van der Waals surface area contributed by atoms with Gasteiger partial charge in [-0.15, -0.1) is 0 Å². The molecule has 172 valence electrons. The number of ether oxygens (including phenoxy) is 3. The first-order valence-electron chi connectivity index (χ1n) is 9.30. The van der Waals surface area contributed by atoms with E-state index in [1.165, 1.54) is 38.5 Å². The van der Waals surface area contributed by atoms with E-state index in [9.17, 15) is 24.5 Å². The predicted molar refractivity (Wildman–Crippen MR) is 123 cm³/mol. The van der Waals surface area contributed by atoms with Gasteiger partial charge in [0.2, 0.25) is 0 Å². The van der Waals surface area contributed by atoms with E-state index >= 15 is 0 Å². The summed E-state index contributed by atoms with van der Waals surface area (Å²) < 4.78 is 15.8. The molecule has 2 aromatic rings. The summed E-state index contributed by atoms with van der Waals surface area (Å²) in [5.74, 6) is -0.562. The van der Waals surface area contributed by atoms with E-state index in [4.69, 9.17) is 9.47 Å². The average Bonchev–Trinajstić information content (AvgIpc) is 3.06. The Labute approximate surface area is 200 Å². The molecule has 33 heavy (non-hydrogen) atoms. The number of methoxy groups -OCH3 is 2. The second kappa shape index (κ2) is 10.5. The van der Waals surface area contributed by atoms with Crippen LogP contribution in [0.5, 0.6) is 11.5 Å². The highest BCUT2D eigenvalue weighted by molar-refractivity contribution is 9.10. The van der Waals surface area contributed by atoms with Gasteiger partial charge in [0.1, 0.15) is 0 Å². The van der Waals surface area contributed by atoms with Gasteiger partial charge in [0.05, 0.1) is 30.6 Å². The Kier molecular flexibility index (Phi) is 7.71. The minimum atomic E-state index is -0.569. The van der Waals surface area contributed by atoms with Crippen molar-refractivity contribution in [3.63, 3.8) is 0 Å². The highest BCUT2D eigenvalue weighted by atomic mass is 79.9. The first-order valence-corrected chi connectivity index (χ1v) is 10.9. The summed E-state index contributed by atoms with van der Waals surface area (Å²) in [6, 6.07) is 9.07. The number of hydrogen-bond donors (Lipinski definition) is 0. The van der Waals surface area contributed by atoms with Crippen LogP contribution in [0.15, 0.2) is 45.8 Å². The maximum absolute atomic E-state index is 12.9. The van der Waals surface area contributed by atoms with Crippen molar-refractivity contribution in [3.8, 4) is 11.5 Å². The van der Waals surface area contributed by atoms with Crippen LogP contribution in [0.3, 0.4) is 0 Å². The van der Waals surface area contributed by atoms with Crippen LogP contribution in [0.25, 0.3) is 6.08 Å². The Morgan fingerprint density at radius 1 is 1.21 bits per heavy atom. The van der Waals surface area contributed by atoms with E-state index in [-0.39, 0.29) is 35.1 Å². The minimum absolute atomic E-state index is 0.143. The van der Waals surface area contributed by atoms with Gasteiger partial charge in [-0.25, -0.2) is 4.79 Å². The van der Waals surface area contributed by atoms with Crippen molar-refractivity contribution in [1.82, 2.24) is 4.90 Å². The third-order valence-electron chi connectivity index (χ3n) is 4.53. The van der Waals surface area contributed by atoms with E-state index < -0.39 is 22.0 Å². The molecule has 0 saturated carbocycles. The topological polar surface area (TPSA) is 125 Å². The number of nitro benzene ring substituents is 1. The molecule has 0 bridgehead atoms. The Bertz CT molecular complexity index is 1170. The predicted octanol–water partition coefficient (Wildman–Crippen LogP) is 4.15. The fourth-order valence-electron chi connectivity index (χ4n) is 2.90. The highest BCUT2D eigenvalue weighted by Crippen LogP contribution is 2.38. The number of benzene rings is 2. The third-order valence-corrected chi connectivity index (χ3v) is 6.13. The van der Waals surface area contributed by atoms with Crippen LogP contribution in [0.1, 0.15) is 11.1 Å². The number of amides is 2. The van der Waals surface area contributed by atoms with Crippen molar-refractivity contribution in [1.29, 1.82) is 0 Å². The Morgan fingerprint density at radius 2 is 1.94 bits per heavy atom. The zero-order valence-corrected chi connectivity index (χ0v) is 19.8. The molecule has 1 aliphatic rings. The molecule has 0 unspecified atom stereocenters. The normalized spacial score (nSPS) is 14.5. The summed E-state index contributed by atoms with van der Waals surface area (Å²) in [4.78, 5) is 48.4. The van der Waals surface area contributed by atoms with Gasteiger partial charge in [-0.05, 0) is 35.5 Å². The van der Waals surface area contributed by atoms with Crippen molar-refractivity contribution in [2.75, 3.05) is 20.8 Å². The maximum atomic E-state index is 12.9. The lowest BCUT2D eigenvalue weighted by Crippen LogP contribution is -2.27. The number of thioether (sulfide) groups is 1. The van der Waals surface area contributed by atoms with E-state index in [1.54, 1.807) is 18.2 Å². The molecule has 0 radical (unpaired) electrons. The lowest BCUT2D eigenvalue weighted by Gasteiger charge is -2.13. The second-order valence-corrected chi connectivity index (χ2v) is 8.39. The number of hydrogen-bond acceptors (Lipinski definition) is 9. The van der Waals surface area contributed by atoms with E-state index in [1.807, 2.05) is 0 Å². The van der Waals surface area contributed by atoms with Crippen LogP contribution < -0.4 is 9.47 Å². The largest absolute Gasteiger partial charge is 0.493 e. The third kappa shape index (κ3) is 5.52. The molecule has 3 rings (SSSR count). The number of halogens is 1. The number of para-hydroxylation sites is 1. The van der Waals surface area contributed by atoms with Gasteiger partial charge in [0, 0.05) is 16.1 Å². The molecule has 1 aliphatic heterocycles. The van der Waals surface area contributed by atoms with Crippen molar-refractivity contribution in [3.05, 3.63) is 67.0 Å². The van der Waals surface area contributed by atoms with Gasteiger partial charge in [-0.2, -0.15) is 0 Å². The van der Waals surface area contributed by atoms with Crippen LogP contribution >= 0.6 is 27.7 Å². The zero-order valence-electron chi connectivity index (χ0n) is 17.4. The van der Waals surface area contributed by atoms with Crippen LogP contribution in [-0.4, -0.2) is 47.8 Å². The summed E-state index contributed by atoms with van der Waals surface area (Å²) in [6.45, 7) is -0.535.